The molecule has 0 aromatic carbocycles. The van der Waals surface area contributed by atoms with Crippen LogP contribution in [0.3, 0.4) is 0 Å². The van der Waals surface area contributed by atoms with Gasteiger partial charge in [0.05, 0.1) is 11.7 Å². The Labute approximate surface area is 98.4 Å². The molecule has 0 radical (unpaired) electrons. The molecule has 0 aliphatic heterocycles. The average Bonchev–Trinajstić information content (AvgIpc) is 2.79. The van der Waals surface area contributed by atoms with E-state index in [1.165, 1.54) is 12.8 Å². The number of hydrogen-bond donors (Lipinski definition) is 2. The Morgan fingerprint density at radius 3 is 3.12 bits per heavy atom. The zero-order valence-electron chi connectivity index (χ0n) is 9.05. The highest BCUT2D eigenvalue weighted by molar-refractivity contribution is 6.29. The van der Waals surface area contributed by atoms with Gasteiger partial charge in [0.25, 0.3) is 0 Å². The fourth-order valence-electron chi connectivity index (χ4n) is 1.78. The molecule has 3 rings (SSSR count). The van der Waals surface area contributed by atoms with Crippen molar-refractivity contribution in [1.82, 2.24) is 20.5 Å². The van der Waals surface area contributed by atoms with Gasteiger partial charge in [-0.25, -0.2) is 4.98 Å². The first kappa shape index (κ1) is 10.1. The van der Waals surface area contributed by atoms with Crippen LogP contribution in [0.15, 0.2) is 12.3 Å². The van der Waals surface area contributed by atoms with Crippen molar-refractivity contribution in [2.45, 2.75) is 31.8 Å². The van der Waals surface area contributed by atoms with Crippen LogP contribution in [-0.2, 0) is 6.54 Å². The van der Waals surface area contributed by atoms with Crippen LogP contribution in [0, 0.1) is 0 Å². The Bertz CT molecular complexity index is 530. The molecule has 2 N–H and O–H groups in total. The van der Waals surface area contributed by atoms with Gasteiger partial charge < -0.3 is 5.32 Å². The van der Waals surface area contributed by atoms with Crippen molar-refractivity contribution in [3.8, 4) is 0 Å². The van der Waals surface area contributed by atoms with Gasteiger partial charge in [-0.1, -0.05) is 11.6 Å². The fourth-order valence-corrected chi connectivity index (χ4v) is 2.00. The van der Waals surface area contributed by atoms with Crippen LogP contribution < -0.4 is 5.32 Å². The average molecular weight is 237 g/mol. The van der Waals surface area contributed by atoms with Gasteiger partial charge >= 0.3 is 0 Å². The van der Waals surface area contributed by atoms with Gasteiger partial charge in [-0.2, -0.15) is 5.10 Å². The molecular formula is C11H13ClN4. The van der Waals surface area contributed by atoms with Gasteiger partial charge in [0.2, 0.25) is 0 Å². The molecule has 0 amide bonds. The molecule has 84 valence electrons. The molecule has 1 fully saturated rings. The molecular weight excluding hydrogens is 224 g/mol. The van der Waals surface area contributed by atoms with E-state index in [9.17, 15) is 0 Å². The second-order valence-electron chi connectivity index (χ2n) is 4.65. The monoisotopic (exact) mass is 236 g/mol. The number of halogens is 1. The van der Waals surface area contributed by atoms with Crippen molar-refractivity contribution in [2.75, 3.05) is 0 Å². The van der Waals surface area contributed by atoms with E-state index in [1.807, 2.05) is 6.07 Å². The van der Waals surface area contributed by atoms with Crippen LogP contribution in [0.1, 0.15) is 25.3 Å². The van der Waals surface area contributed by atoms with Crippen molar-refractivity contribution in [3.63, 3.8) is 0 Å². The summed E-state index contributed by atoms with van der Waals surface area (Å²) in [6, 6.07) is 1.89. The topological polar surface area (TPSA) is 53.6 Å². The number of rotatable bonds is 3. The maximum absolute atomic E-state index is 5.97. The van der Waals surface area contributed by atoms with Crippen molar-refractivity contribution in [1.29, 1.82) is 0 Å². The molecule has 0 bridgehead atoms. The summed E-state index contributed by atoms with van der Waals surface area (Å²) in [4.78, 5) is 4.20. The number of hydrogen-bond acceptors (Lipinski definition) is 3. The highest BCUT2D eigenvalue weighted by Gasteiger charge is 2.36. The number of nitrogens with zero attached hydrogens (tertiary/aromatic N) is 2. The van der Waals surface area contributed by atoms with Crippen LogP contribution in [0.4, 0.5) is 0 Å². The van der Waals surface area contributed by atoms with Crippen molar-refractivity contribution in [3.05, 3.63) is 23.0 Å². The van der Waals surface area contributed by atoms with Crippen molar-refractivity contribution < 1.29 is 0 Å². The lowest BCUT2D eigenvalue weighted by atomic mass is 10.2. The molecule has 16 heavy (non-hydrogen) atoms. The number of aromatic amines is 1. The Morgan fingerprint density at radius 1 is 1.56 bits per heavy atom. The van der Waals surface area contributed by atoms with E-state index in [0.29, 0.717) is 10.7 Å². The van der Waals surface area contributed by atoms with Gasteiger partial charge in [-0.05, 0) is 31.4 Å². The Kier molecular flexibility index (Phi) is 2.16. The first-order valence-electron chi connectivity index (χ1n) is 5.40. The minimum absolute atomic E-state index is 0.322. The predicted octanol–water partition coefficient (Wildman–Crippen LogP) is 2.25. The highest BCUT2D eigenvalue weighted by Crippen LogP contribution is 2.34. The second-order valence-corrected chi connectivity index (χ2v) is 5.04. The van der Waals surface area contributed by atoms with Gasteiger partial charge in [0, 0.05) is 12.1 Å². The molecule has 2 aromatic heterocycles. The largest absolute Gasteiger partial charge is 0.307 e. The molecule has 0 atom stereocenters. The third-order valence-corrected chi connectivity index (χ3v) is 3.36. The van der Waals surface area contributed by atoms with Crippen LogP contribution in [0.5, 0.6) is 0 Å². The number of fused-ring (bicyclic) bond motifs is 1. The second kappa shape index (κ2) is 3.43. The van der Waals surface area contributed by atoms with E-state index in [1.54, 1.807) is 6.20 Å². The quantitative estimate of drug-likeness (QED) is 0.804. The molecule has 1 aliphatic carbocycles. The van der Waals surface area contributed by atoms with Crippen molar-refractivity contribution >= 4 is 22.6 Å². The zero-order chi connectivity index (χ0) is 11.2. The highest BCUT2D eigenvalue weighted by atomic mass is 35.5. The summed E-state index contributed by atoms with van der Waals surface area (Å²) in [5, 5.41) is 11.0. The summed E-state index contributed by atoms with van der Waals surface area (Å²) in [6.07, 6.45) is 4.19. The van der Waals surface area contributed by atoms with Crippen LogP contribution >= 0.6 is 11.6 Å². The maximum Gasteiger partial charge on any atom is 0.130 e. The molecule has 0 unspecified atom stereocenters. The standard InChI is InChI=1S/C11H13ClN4/c1-11(2-3-11)13-5-7-4-9(12)15-8-6-14-16-10(7)8/h4,6,13H,2-3,5H2,1H3,(H,14,16). The van der Waals surface area contributed by atoms with E-state index < -0.39 is 0 Å². The Balaban J connectivity index is 1.92. The van der Waals surface area contributed by atoms with E-state index >= 15 is 0 Å². The van der Waals surface area contributed by atoms with Crippen LogP contribution in [-0.4, -0.2) is 20.7 Å². The van der Waals surface area contributed by atoms with E-state index in [2.05, 4.69) is 27.4 Å². The lowest BCUT2D eigenvalue weighted by Gasteiger charge is -2.11. The molecule has 0 spiro atoms. The summed E-state index contributed by atoms with van der Waals surface area (Å²) in [7, 11) is 0. The number of aromatic nitrogens is 3. The number of nitrogens with one attached hydrogen (secondary N) is 2. The van der Waals surface area contributed by atoms with E-state index in [4.69, 9.17) is 11.6 Å². The lowest BCUT2D eigenvalue weighted by Crippen LogP contribution is -2.27. The summed E-state index contributed by atoms with van der Waals surface area (Å²) in [6.45, 7) is 3.04. The van der Waals surface area contributed by atoms with Crippen LogP contribution in [0.25, 0.3) is 11.0 Å². The fraction of sp³-hybridized carbons (Fsp3) is 0.455. The molecule has 0 saturated heterocycles. The minimum Gasteiger partial charge on any atom is -0.307 e. The Morgan fingerprint density at radius 2 is 2.38 bits per heavy atom. The van der Waals surface area contributed by atoms with Gasteiger partial charge in [0.15, 0.2) is 0 Å². The molecule has 5 heteroatoms. The number of pyridine rings is 1. The molecule has 2 heterocycles. The Hall–Kier alpha value is -1.13. The zero-order valence-corrected chi connectivity index (χ0v) is 9.80. The summed E-state index contributed by atoms with van der Waals surface area (Å²) in [5.74, 6) is 0. The van der Waals surface area contributed by atoms with Crippen molar-refractivity contribution in [2.24, 2.45) is 0 Å². The maximum atomic E-state index is 5.97. The molecule has 2 aromatic rings. The van der Waals surface area contributed by atoms with E-state index in [0.717, 1.165) is 23.1 Å². The molecule has 1 aliphatic rings. The number of H-pyrrole nitrogens is 1. The third-order valence-electron chi connectivity index (χ3n) is 3.17. The first-order valence-corrected chi connectivity index (χ1v) is 5.78. The predicted molar refractivity (Wildman–Crippen MR) is 63.4 cm³/mol. The molecule has 4 nitrogen and oxygen atoms in total. The van der Waals surface area contributed by atoms with Crippen LogP contribution in [0.2, 0.25) is 5.15 Å². The first-order chi connectivity index (χ1) is 7.66. The molecule has 1 saturated carbocycles. The summed E-state index contributed by atoms with van der Waals surface area (Å²) < 4.78 is 0. The lowest BCUT2D eigenvalue weighted by molar-refractivity contribution is 0.539. The smallest absolute Gasteiger partial charge is 0.130 e. The minimum atomic E-state index is 0.322. The third kappa shape index (κ3) is 1.79. The van der Waals surface area contributed by atoms with Gasteiger partial charge in [-0.15, -0.1) is 0 Å². The van der Waals surface area contributed by atoms with Gasteiger partial charge in [0.1, 0.15) is 10.7 Å². The van der Waals surface area contributed by atoms with E-state index in [-0.39, 0.29) is 0 Å². The van der Waals surface area contributed by atoms with Gasteiger partial charge in [-0.3, -0.25) is 5.10 Å². The normalized spacial score (nSPS) is 17.9. The SMILES string of the molecule is CC1(NCc2cc(Cl)nc3cn[nH]c23)CC1. The summed E-state index contributed by atoms with van der Waals surface area (Å²) in [5.41, 5.74) is 3.24. The summed E-state index contributed by atoms with van der Waals surface area (Å²) >= 11 is 5.97.